The summed E-state index contributed by atoms with van der Waals surface area (Å²) in [4.78, 5) is 2.18. The predicted molar refractivity (Wildman–Crippen MR) is 123 cm³/mol. The number of hydrogen-bond acceptors (Lipinski definition) is 8. The summed E-state index contributed by atoms with van der Waals surface area (Å²) in [6.07, 6.45) is -0.690. The molecule has 1 atom stereocenters. The van der Waals surface area contributed by atoms with E-state index in [-0.39, 0.29) is 6.61 Å². The lowest BCUT2D eigenvalue weighted by Crippen LogP contribution is -2.38. The maximum absolute atomic E-state index is 10.5. The molecule has 0 bridgehead atoms. The lowest BCUT2D eigenvalue weighted by atomic mass is 10.2. The zero-order chi connectivity index (χ0) is 22.3. The Kier molecular flexibility index (Phi) is 7.27. The Balaban J connectivity index is 1.46. The number of aromatic nitrogens is 3. The first-order valence-electron chi connectivity index (χ1n) is 10.4. The Morgan fingerprint density at radius 2 is 1.91 bits per heavy atom. The summed E-state index contributed by atoms with van der Waals surface area (Å²) in [6, 6.07) is 17.0. The van der Waals surface area contributed by atoms with E-state index in [1.54, 1.807) is 24.3 Å². The fourth-order valence-electron chi connectivity index (χ4n) is 3.39. The molecule has 2 heterocycles. The third-order valence-corrected chi connectivity index (χ3v) is 6.17. The second kappa shape index (κ2) is 10.5. The molecule has 0 saturated carbocycles. The molecule has 1 aromatic heterocycles. The molecule has 32 heavy (non-hydrogen) atoms. The second-order valence-corrected chi connectivity index (χ2v) is 8.40. The van der Waals surface area contributed by atoms with Gasteiger partial charge in [-0.25, -0.2) is 0 Å². The van der Waals surface area contributed by atoms with Gasteiger partial charge in [-0.1, -0.05) is 30.0 Å². The highest BCUT2D eigenvalue weighted by atomic mass is 32.2. The summed E-state index contributed by atoms with van der Waals surface area (Å²) in [7, 11) is 0. The van der Waals surface area contributed by atoms with Crippen LogP contribution in [0.5, 0.6) is 5.75 Å². The van der Waals surface area contributed by atoms with Crippen LogP contribution in [0.4, 0.5) is 5.95 Å². The van der Waals surface area contributed by atoms with Crippen LogP contribution in [0.25, 0.3) is 5.69 Å². The van der Waals surface area contributed by atoms with Crippen LogP contribution in [0.1, 0.15) is 11.1 Å². The number of aliphatic hydroxyl groups is 1. The highest BCUT2D eigenvalue weighted by Crippen LogP contribution is 2.29. The van der Waals surface area contributed by atoms with Gasteiger partial charge in [-0.05, 0) is 42.8 Å². The quantitative estimate of drug-likeness (QED) is 0.523. The lowest BCUT2D eigenvalue weighted by molar-refractivity contribution is 0.122. The molecule has 9 heteroatoms. The van der Waals surface area contributed by atoms with E-state index in [0.29, 0.717) is 30.3 Å². The van der Waals surface area contributed by atoms with Crippen LogP contribution in [0.2, 0.25) is 0 Å². The number of anilines is 1. The van der Waals surface area contributed by atoms with Crippen LogP contribution in [0.15, 0.2) is 53.7 Å². The first-order valence-corrected chi connectivity index (χ1v) is 11.4. The topological polar surface area (TPSA) is 96.4 Å². The minimum atomic E-state index is -0.690. The van der Waals surface area contributed by atoms with Gasteiger partial charge < -0.3 is 19.5 Å². The SMILES string of the molecule is Cc1ccccc1-n1c(SC[C@H](O)COc2ccc(C#N)cc2)nnc1N1CCOCC1. The van der Waals surface area contributed by atoms with Crippen molar-refractivity contribution < 1.29 is 14.6 Å². The van der Waals surface area contributed by atoms with Crippen molar-refractivity contribution in [2.75, 3.05) is 43.6 Å². The number of rotatable bonds is 8. The smallest absolute Gasteiger partial charge is 0.232 e. The molecule has 8 nitrogen and oxygen atoms in total. The fraction of sp³-hybridized carbons (Fsp3) is 0.348. The van der Waals surface area contributed by atoms with E-state index in [0.717, 1.165) is 35.4 Å². The van der Waals surface area contributed by atoms with E-state index in [1.165, 1.54) is 11.8 Å². The predicted octanol–water partition coefficient (Wildman–Crippen LogP) is 2.82. The first-order chi connectivity index (χ1) is 15.7. The minimum Gasteiger partial charge on any atom is -0.491 e. The molecule has 0 unspecified atom stereocenters. The molecule has 1 aliphatic rings. The molecule has 0 amide bonds. The summed E-state index contributed by atoms with van der Waals surface area (Å²) in [6.45, 7) is 5.05. The number of aliphatic hydroxyl groups excluding tert-OH is 1. The summed E-state index contributed by atoms with van der Waals surface area (Å²) in [5.74, 6) is 1.81. The van der Waals surface area contributed by atoms with Crippen LogP contribution < -0.4 is 9.64 Å². The van der Waals surface area contributed by atoms with Crippen LogP contribution in [-0.2, 0) is 4.74 Å². The first kappa shape index (κ1) is 22.1. The number of nitriles is 1. The molecular weight excluding hydrogens is 426 g/mol. The van der Waals surface area contributed by atoms with E-state index in [9.17, 15) is 5.11 Å². The van der Waals surface area contributed by atoms with Gasteiger partial charge in [0.1, 0.15) is 12.4 Å². The van der Waals surface area contributed by atoms with Crippen LogP contribution >= 0.6 is 11.8 Å². The number of para-hydroxylation sites is 1. The molecule has 2 aromatic carbocycles. The Labute approximate surface area is 191 Å². The van der Waals surface area contributed by atoms with Gasteiger partial charge in [0, 0.05) is 18.8 Å². The number of thioether (sulfide) groups is 1. The third-order valence-electron chi connectivity index (χ3n) is 5.10. The summed E-state index contributed by atoms with van der Waals surface area (Å²) < 4.78 is 13.2. The van der Waals surface area contributed by atoms with E-state index < -0.39 is 6.10 Å². The standard InChI is InChI=1S/C23H25N5O3S/c1-17-4-2-3-5-21(17)28-22(27-10-12-30-13-11-27)25-26-23(28)32-16-19(29)15-31-20-8-6-18(14-24)7-9-20/h2-9,19,29H,10-13,15-16H2,1H3/t19-/m1/s1. The van der Waals surface area contributed by atoms with Crippen molar-refractivity contribution in [1.29, 1.82) is 5.26 Å². The number of nitrogens with zero attached hydrogens (tertiary/aromatic N) is 5. The Morgan fingerprint density at radius 3 is 2.62 bits per heavy atom. The van der Waals surface area contributed by atoms with Gasteiger partial charge in [-0.3, -0.25) is 4.57 Å². The second-order valence-electron chi connectivity index (χ2n) is 7.42. The van der Waals surface area contributed by atoms with E-state index in [4.69, 9.17) is 14.7 Å². The molecule has 1 N–H and O–H groups in total. The molecule has 1 aliphatic heterocycles. The van der Waals surface area contributed by atoms with E-state index >= 15 is 0 Å². The van der Waals surface area contributed by atoms with Gasteiger partial charge in [0.25, 0.3) is 0 Å². The third kappa shape index (κ3) is 5.22. The van der Waals surface area contributed by atoms with Gasteiger partial charge >= 0.3 is 0 Å². The zero-order valence-electron chi connectivity index (χ0n) is 17.8. The van der Waals surface area contributed by atoms with Crippen LogP contribution in [-0.4, -0.2) is 64.6 Å². The number of aryl methyl sites for hydroxylation is 1. The maximum atomic E-state index is 10.5. The van der Waals surface area contributed by atoms with Crippen molar-refractivity contribution in [2.45, 2.75) is 18.2 Å². The van der Waals surface area contributed by atoms with Gasteiger partial charge in [0.15, 0.2) is 5.16 Å². The van der Waals surface area contributed by atoms with Crippen LogP contribution in [0.3, 0.4) is 0 Å². The maximum Gasteiger partial charge on any atom is 0.232 e. The molecule has 0 spiro atoms. The summed E-state index contributed by atoms with van der Waals surface area (Å²) in [5, 5.41) is 29.0. The highest BCUT2D eigenvalue weighted by Gasteiger charge is 2.23. The molecule has 1 saturated heterocycles. The molecular formula is C23H25N5O3S. The normalized spacial score (nSPS) is 14.7. The Hall–Kier alpha value is -3.06. The zero-order valence-corrected chi connectivity index (χ0v) is 18.7. The van der Waals surface area contributed by atoms with Crippen molar-refractivity contribution >= 4 is 17.7 Å². The monoisotopic (exact) mass is 451 g/mol. The van der Waals surface area contributed by atoms with E-state index in [1.807, 2.05) is 12.1 Å². The van der Waals surface area contributed by atoms with Crippen molar-refractivity contribution in [3.05, 3.63) is 59.7 Å². The average molecular weight is 452 g/mol. The van der Waals surface area contributed by atoms with Crippen molar-refractivity contribution in [1.82, 2.24) is 14.8 Å². The number of hydrogen-bond donors (Lipinski definition) is 1. The van der Waals surface area contributed by atoms with Crippen molar-refractivity contribution in [3.8, 4) is 17.5 Å². The Bertz CT molecular complexity index is 1070. The average Bonchev–Trinajstić information content (AvgIpc) is 3.26. The van der Waals surface area contributed by atoms with Crippen LogP contribution in [0, 0.1) is 18.3 Å². The molecule has 0 aliphatic carbocycles. The number of morpholine rings is 1. The molecule has 166 valence electrons. The summed E-state index contributed by atoms with van der Waals surface area (Å²) >= 11 is 1.44. The van der Waals surface area contributed by atoms with Gasteiger partial charge in [0.05, 0.1) is 36.6 Å². The molecule has 3 aromatic rings. The lowest BCUT2D eigenvalue weighted by Gasteiger charge is -2.28. The molecule has 4 rings (SSSR count). The van der Waals surface area contributed by atoms with Gasteiger partial charge in [-0.15, -0.1) is 10.2 Å². The van der Waals surface area contributed by atoms with Crippen molar-refractivity contribution in [3.63, 3.8) is 0 Å². The number of benzene rings is 2. The summed E-state index contributed by atoms with van der Waals surface area (Å²) in [5.41, 5.74) is 2.71. The number of ether oxygens (including phenoxy) is 2. The molecule has 0 radical (unpaired) electrons. The largest absolute Gasteiger partial charge is 0.491 e. The van der Waals surface area contributed by atoms with Crippen molar-refractivity contribution in [2.24, 2.45) is 0 Å². The highest BCUT2D eigenvalue weighted by molar-refractivity contribution is 7.99. The van der Waals surface area contributed by atoms with E-state index in [2.05, 4.69) is 44.8 Å². The molecule has 1 fully saturated rings. The minimum absolute atomic E-state index is 0.147. The van der Waals surface area contributed by atoms with Gasteiger partial charge in [0.2, 0.25) is 5.95 Å². The fourth-order valence-corrected chi connectivity index (χ4v) is 4.23. The Morgan fingerprint density at radius 1 is 1.16 bits per heavy atom. The van der Waals surface area contributed by atoms with Gasteiger partial charge in [-0.2, -0.15) is 5.26 Å².